The molecule has 11 N–H and O–H groups in total. The van der Waals surface area contributed by atoms with Gasteiger partial charge in [0.25, 0.3) is 0 Å². The Morgan fingerprint density at radius 3 is 1.85 bits per heavy atom. The van der Waals surface area contributed by atoms with Crippen molar-refractivity contribution < 1.29 is 94.2 Å². The molecule has 23 atom stereocenters. The largest absolute Gasteiger partial charge is 0.479 e. The standard InChI is InChI=1S/C48H76O19/c1-43(2)14-16-48(42(61)67-40-35(58)31(54)29(52)24(20-50)63-40)17-15-46(6)21(22(48)18-43)8-9-26-45(5)12-11-27(44(3,4)25(45)10-13-47(26,46)7)64-41-37(33(56)32(55)36(65-41)38(59)60)66-39-34(57)30(53)28(51)23(19-49)62-39/h8,22-37,39-41,49-58H,9-20H2,1-7H3,(H,59,60)/t22-,23-,24-,25+,26-,27+,28-,29-,30+,31+,32+,33+,34-,35-,36+,37-,39+,40+,41-,45+,46-,47-,48+/m1/s1. The van der Waals surface area contributed by atoms with Crippen molar-refractivity contribution >= 4 is 11.9 Å². The van der Waals surface area contributed by atoms with Crippen molar-refractivity contribution in [3.05, 3.63) is 11.6 Å². The van der Waals surface area contributed by atoms with Crippen LogP contribution in [0.15, 0.2) is 11.6 Å². The third kappa shape index (κ3) is 8.06. The van der Waals surface area contributed by atoms with Crippen molar-refractivity contribution in [2.45, 2.75) is 211 Å². The highest BCUT2D eigenvalue weighted by atomic mass is 16.8. The monoisotopic (exact) mass is 956 g/mol. The van der Waals surface area contributed by atoms with Crippen LogP contribution < -0.4 is 0 Å². The van der Waals surface area contributed by atoms with Crippen LogP contribution in [0, 0.1) is 50.2 Å². The molecule has 3 saturated heterocycles. The molecule has 0 radical (unpaired) electrons. The highest BCUT2D eigenvalue weighted by Gasteiger charge is 2.70. The summed E-state index contributed by atoms with van der Waals surface area (Å²) in [6.45, 7) is 14.4. The van der Waals surface area contributed by atoms with Crippen LogP contribution in [0.4, 0.5) is 0 Å². The van der Waals surface area contributed by atoms with Gasteiger partial charge >= 0.3 is 11.9 Å². The number of aliphatic hydroxyl groups is 10. The third-order valence-corrected chi connectivity index (χ3v) is 19.3. The maximum absolute atomic E-state index is 14.7. The molecular weight excluding hydrogens is 881 g/mol. The minimum absolute atomic E-state index is 0.0828. The predicted octanol–water partition coefficient (Wildman–Crippen LogP) is 0.233. The maximum Gasteiger partial charge on any atom is 0.335 e. The van der Waals surface area contributed by atoms with Crippen LogP contribution in [0.25, 0.3) is 0 Å². The summed E-state index contributed by atoms with van der Waals surface area (Å²) in [5, 5.41) is 115. The lowest BCUT2D eigenvalue weighted by Gasteiger charge is -2.71. The van der Waals surface area contributed by atoms with Crippen molar-refractivity contribution in [2.24, 2.45) is 50.2 Å². The number of carbonyl (C=O) groups is 2. The zero-order valence-electron chi connectivity index (χ0n) is 39.7. The van der Waals surface area contributed by atoms with Crippen LogP contribution >= 0.6 is 0 Å². The SMILES string of the molecule is CC1(C)CC[C@]2(C(=O)O[C@@H]3O[C@H](CO)[C@@H](O)[C@H](O)[C@H]3O)CC[C@]3(C)C(=CC[C@@H]4[C@@]5(C)CC[C@H](O[C@@H]6O[C@H](C(=O)O)[C@@H](O)[C@H](O)[C@H]6O[C@@H]6O[C@H](CO)[C@@H](O)[C@H](O)[C@H]6O)C(C)(C)[C@@H]5CC[C@]43C)[C@H]2C1. The molecule has 3 heterocycles. The minimum Gasteiger partial charge on any atom is -0.479 e. The highest BCUT2D eigenvalue weighted by molar-refractivity contribution is 5.79. The molecule has 0 aromatic rings. The van der Waals surface area contributed by atoms with Gasteiger partial charge in [-0.3, -0.25) is 4.79 Å². The smallest absolute Gasteiger partial charge is 0.335 e. The first kappa shape index (κ1) is 51.4. The van der Waals surface area contributed by atoms with Crippen LogP contribution in [0.5, 0.6) is 0 Å². The summed E-state index contributed by atoms with van der Waals surface area (Å²) < 4.78 is 35.7. The number of hydrogen-bond donors (Lipinski definition) is 11. The van der Waals surface area contributed by atoms with Gasteiger partial charge in [-0.05, 0) is 109 Å². The van der Waals surface area contributed by atoms with Crippen molar-refractivity contribution in [3.63, 3.8) is 0 Å². The molecule has 0 aromatic heterocycles. The van der Waals surface area contributed by atoms with Gasteiger partial charge in [-0.1, -0.05) is 60.1 Å². The van der Waals surface area contributed by atoms with E-state index in [4.69, 9.17) is 28.4 Å². The van der Waals surface area contributed by atoms with Crippen molar-refractivity contribution in [3.8, 4) is 0 Å². The number of esters is 1. The number of carboxylic acid groups (broad SMARTS) is 1. The molecule has 3 aliphatic heterocycles. The summed E-state index contributed by atoms with van der Waals surface area (Å²) in [7, 11) is 0. The zero-order valence-corrected chi connectivity index (χ0v) is 39.7. The molecule has 0 spiro atoms. The Kier molecular flexibility index (Phi) is 13.8. The fourth-order valence-corrected chi connectivity index (χ4v) is 15.0. The van der Waals surface area contributed by atoms with Gasteiger partial charge < -0.3 is 84.6 Å². The Hall–Kier alpha value is -1.92. The quantitative estimate of drug-likeness (QED) is 0.0838. The van der Waals surface area contributed by atoms with Crippen molar-refractivity contribution in [1.29, 1.82) is 0 Å². The van der Waals surface area contributed by atoms with Crippen LogP contribution in [0.3, 0.4) is 0 Å². The molecule has 0 aromatic carbocycles. The van der Waals surface area contributed by atoms with Crippen LogP contribution in [-0.4, -0.2) is 180 Å². The Morgan fingerprint density at radius 2 is 1.24 bits per heavy atom. The van der Waals surface area contributed by atoms with Crippen LogP contribution in [-0.2, 0) is 38.0 Å². The molecule has 382 valence electrons. The summed E-state index contributed by atoms with van der Waals surface area (Å²) in [4.78, 5) is 27.0. The number of aliphatic carboxylic acids is 1. The van der Waals surface area contributed by atoms with Crippen LogP contribution in [0.1, 0.15) is 113 Å². The molecular formula is C48H76O19. The topological polar surface area (TPSA) is 312 Å². The van der Waals surface area contributed by atoms with E-state index in [9.17, 15) is 65.8 Å². The Balaban J connectivity index is 1.05. The molecule has 19 nitrogen and oxygen atoms in total. The van der Waals surface area contributed by atoms with E-state index in [2.05, 4.69) is 54.5 Å². The molecule has 0 bridgehead atoms. The number of carboxylic acids is 1. The highest BCUT2D eigenvalue weighted by Crippen LogP contribution is 2.76. The Labute approximate surface area is 391 Å². The van der Waals surface area contributed by atoms with Gasteiger partial charge in [-0.25, -0.2) is 4.79 Å². The number of rotatable bonds is 9. The average Bonchev–Trinajstić information content (AvgIpc) is 3.26. The molecule has 8 rings (SSSR count). The second kappa shape index (κ2) is 18.0. The van der Waals surface area contributed by atoms with Gasteiger partial charge in [0, 0.05) is 0 Å². The minimum atomic E-state index is -1.98. The van der Waals surface area contributed by atoms with E-state index in [1.165, 1.54) is 5.57 Å². The zero-order chi connectivity index (χ0) is 49.1. The molecule has 7 fully saturated rings. The van der Waals surface area contributed by atoms with E-state index >= 15 is 0 Å². The number of allylic oxidation sites excluding steroid dienone is 2. The van der Waals surface area contributed by atoms with Gasteiger partial charge in [-0.2, -0.15) is 0 Å². The van der Waals surface area contributed by atoms with Gasteiger partial charge in [0.15, 0.2) is 18.7 Å². The van der Waals surface area contributed by atoms with Crippen molar-refractivity contribution in [2.75, 3.05) is 13.2 Å². The Morgan fingerprint density at radius 1 is 0.642 bits per heavy atom. The fourth-order valence-electron chi connectivity index (χ4n) is 15.0. The summed E-state index contributed by atoms with van der Waals surface area (Å²) in [5.41, 5.74) is -1.05. The summed E-state index contributed by atoms with van der Waals surface area (Å²) in [6.07, 6.45) is -16.4. The molecule has 67 heavy (non-hydrogen) atoms. The van der Waals surface area contributed by atoms with Gasteiger partial charge in [0.05, 0.1) is 24.7 Å². The van der Waals surface area contributed by atoms with E-state index in [0.717, 1.165) is 38.5 Å². The molecule has 19 heteroatoms. The van der Waals surface area contributed by atoms with Crippen LogP contribution in [0.2, 0.25) is 0 Å². The molecule has 0 amide bonds. The number of aliphatic hydroxyl groups excluding tert-OH is 10. The first-order chi connectivity index (χ1) is 31.2. The van der Waals surface area contributed by atoms with Gasteiger partial charge in [0.1, 0.15) is 67.1 Å². The molecule has 8 aliphatic rings. The number of hydrogen-bond acceptors (Lipinski definition) is 18. The number of ether oxygens (including phenoxy) is 6. The summed E-state index contributed by atoms with van der Waals surface area (Å²) >= 11 is 0. The van der Waals surface area contributed by atoms with E-state index in [-0.39, 0.29) is 39.4 Å². The lowest BCUT2D eigenvalue weighted by molar-refractivity contribution is -0.374. The maximum atomic E-state index is 14.7. The van der Waals surface area contributed by atoms with E-state index < -0.39 is 134 Å². The van der Waals surface area contributed by atoms with E-state index in [1.807, 2.05) is 0 Å². The number of carbonyl (C=O) groups excluding carboxylic acids is 1. The molecule has 4 saturated carbocycles. The first-order valence-corrected chi connectivity index (χ1v) is 24.3. The second-order valence-corrected chi connectivity index (χ2v) is 23.5. The number of fused-ring (bicyclic) bond motifs is 7. The Bertz CT molecular complexity index is 1870. The average molecular weight is 957 g/mol. The van der Waals surface area contributed by atoms with Gasteiger partial charge in [0.2, 0.25) is 6.29 Å². The fraction of sp³-hybridized carbons (Fsp3) is 0.917. The van der Waals surface area contributed by atoms with Gasteiger partial charge in [-0.15, -0.1) is 0 Å². The lowest BCUT2D eigenvalue weighted by Crippen LogP contribution is -2.67. The van der Waals surface area contributed by atoms with E-state index in [1.54, 1.807) is 0 Å². The second-order valence-electron chi connectivity index (χ2n) is 23.5. The molecule has 5 aliphatic carbocycles. The summed E-state index contributed by atoms with van der Waals surface area (Å²) in [5.74, 6) is -1.94. The first-order valence-electron chi connectivity index (χ1n) is 24.3. The third-order valence-electron chi connectivity index (χ3n) is 19.3. The summed E-state index contributed by atoms with van der Waals surface area (Å²) in [6, 6.07) is 0. The van der Waals surface area contributed by atoms with E-state index in [0.29, 0.717) is 25.7 Å². The molecule has 0 unspecified atom stereocenters. The lowest BCUT2D eigenvalue weighted by atomic mass is 9.33. The predicted molar refractivity (Wildman–Crippen MR) is 231 cm³/mol. The van der Waals surface area contributed by atoms with Crippen molar-refractivity contribution in [1.82, 2.24) is 0 Å². The normalized spacial score (nSPS) is 52.6.